The topological polar surface area (TPSA) is 60.8 Å². The molecule has 1 heterocycles. The highest BCUT2D eigenvalue weighted by Crippen LogP contribution is 2.14. The number of amides is 1. The first kappa shape index (κ1) is 11.1. The molecule has 4 heteroatoms. The second kappa shape index (κ2) is 4.63. The normalized spacial score (nSPS) is 20.1. The maximum absolute atomic E-state index is 11.9. The largest absolute Gasteiger partial charge is 0.392 e. The molecule has 0 radical (unpaired) electrons. The van der Waals surface area contributed by atoms with E-state index in [1.807, 2.05) is 0 Å². The molecule has 1 saturated heterocycles. The maximum atomic E-state index is 11.9. The van der Waals surface area contributed by atoms with Gasteiger partial charge >= 0.3 is 0 Å². The summed E-state index contributed by atoms with van der Waals surface area (Å²) < 4.78 is 0. The van der Waals surface area contributed by atoms with Crippen LogP contribution < -0.4 is 0 Å². The quantitative estimate of drug-likeness (QED) is 0.759. The Labute approximate surface area is 94.1 Å². The van der Waals surface area contributed by atoms with Gasteiger partial charge < -0.3 is 15.1 Å². The lowest BCUT2D eigenvalue weighted by molar-refractivity contribution is 0.0765. The Bertz CT molecular complexity index is 374. The van der Waals surface area contributed by atoms with Gasteiger partial charge in [0.1, 0.15) is 0 Å². The van der Waals surface area contributed by atoms with Gasteiger partial charge in [0.25, 0.3) is 5.91 Å². The Morgan fingerprint density at radius 1 is 1.38 bits per heavy atom. The van der Waals surface area contributed by atoms with Crippen molar-refractivity contribution in [3.63, 3.8) is 0 Å². The van der Waals surface area contributed by atoms with Gasteiger partial charge in [-0.05, 0) is 24.1 Å². The number of hydrogen-bond acceptors (Lipinski definition) is 3. The summed E-state index contributed by atoms with van der Waals surface area (Å²) in [5, 5.41) is 18.2. The molecule has 0 aliphatic carbocycles. The van der Waals surface area contributed by atoms with E-state index in [-0.39, 0.29) is 18.6 Å². The van der Waals surface area contributed by atoms with Crippen molar-refractivity contribution >= 4 is 5.91 Å². The van der Waals surface area contributed by atoms with Gasteiger partial charge in [-0.3, -0.25) is 4.79 Å². The number of rotatable bonds is 2. The maximum Gasteiger partial charge on any atom is 0.253 e. The molecule has 1 aromatic rings. The molecule has 4 nitrogen and oxygen atoms in total. The molecule has 1 fully saturated rings. The van der Waals surface area contributed by atoms with E-state index in [2.05, 4.69) is 0 Å². The van der Waals surface area contributed by atoms with E-state index in [0.29, 0.717) is 25.1 Å². The fourth-order valence-electron chi connectivity index (χ4n) is 1.86. The number of nitrogens with zero attached hydrogens (tertiary/aromatic N) is 1. The molecule has 0 spiro atoms. The zero-order valence-corrected chi connectivity index (χ0v) is 8.97. The van der Waals surface area contributed by atoms with Crippen LogP contribution in [0.4, 0.5) is 0 Å². The molecule has 1 amide bonds. The number of carbonyl (C=O) groups excluding carboxylic acids is 1. The van der Waals surface area contributed by atoms with Crippen LogP contribution in [0.25, 0.3) is 0 Å². The van der Waals surface area contributed by atoms with Crippen LogP contribution in [0.5, 0.6) is 0 Å². The Morgan fingerprint density at radius 3 is 2.56 bits per heavy atom. The van der Waals surface area contributed by atoms with Gasteiger partial charge in [0.05, 0.1) is 12.7 Å². The van der Waals surface area contributed by atoms with Gasteiger partial charge in [-0.2, -0.15) is 0 Å². The Hall–Kier alpha value is -1.39. The standard InChI is InChI=1S/C12H15NO3/c14-8-9-1-3-10(4-2-9)12(16)13-6-5-11(15)7-13/h1-4,11,14-15H,5-8H2/t11-/m1/s1. The second-order valence-corrected chi connectivity index (χ2v) is 4.05. The third kappa shape index (κ3) is 2.23. The summed E-state index contributed by atoms with van der Waals surface area (Å²) in [6.07, 6.45) is 0.265. The van der Waals surface area contributed by atoms with Crippen LogP contribution in [0, 0.1) is 0 Å². The fourth-order valence-corrected chi connectivity index (χ4v) is 1.86. The van der Waals surface area contributed by atoms with E-state index >= 15 is 0 Å². The smallest absolute Gasteiger partial charge is 0.253 e. The summed E-state index contributed by atoms with van der Waals surface area (Å²) in [6, 6.07) is 6.89. The molecule has 2 N–H and O–H groups in total. The van der Waals surface area contributed by atoms with Gasteiger partial charge in [0.2, 0.25) is 0 Å². The van der Waals surface area contributed by atoms with E-state index in [1.54, 1.807) is 29.2 Å². The Morgan fingerprint density at radius 2 is 2.06 bits per heavy atom. The third-order valence-corrected chi connectivity index (χ3v) is 2.83. The fraction of sp³-hybridized carbons (Fsp3) is 0.417. The Balaban J connectivity index is 2.08. The molecule has 16 heavy (non-hydrogen) atoms. The first-order valence-electron chi connectivity index (χ1n) is 5.38. The molecule has 0 bridgehead atoms. The number of carbonyl (C=O) groups is 1. The van der Waals surface area contributed by atoms with Crippen molar-refractivity contribution in [2.45, 2.75) is 19.1 Å². The number of benzene rings is 1. The van der Waals surface area contributed by atoms with Gasteiger partial charge in [-0.1, -0.05) is 12.1 Å². The van der Waals surface area contributed by atoms with Gasteiger partial charge in [0, 0.05) is 18.7 Å². The average Bonchev–Trinajstić information content (AvgIpc) is 2.75. The highest BCUT2D eigenvalue weighted by Gasteiger charge is 2.25. The SMILES string of the molecule is O=C(c1ccc(CO)cc1)N1CC[C@@H](O)C1. The highest BCUT2D eigenvalue weighted by molar-refractivity contribution is 5.94. The van der Waals surface area contributed by atoms with Crippen molar-refractivity contribution in [2.75, 3.05) is 13.1 Å². The molecule has 1 aliphatic heterocycles. The van der Waals surface area contributed by atoms with Crippen LogP contribution in [0.3, 0.4) is 0 Å². The highest BCUT2D eigenvalue weighted by atomic mass is 16.3. The number of aliphatic hydroxyl groups is 2. The molecule has 1 aliphatic rings. The molecular formula is C12H15NO3. The van der Waals surface area contributed by atoms with Crippen LogP contribution in [0.15, 0.2) is 24.3 Å². The van der Waals surface area contributed by atoms with Crippen molar-refractivity contribution in [3.8, 4) is 0 Å². The van der Waals surface area contributed by atoms with E-state index in [9.17, 15) is 9.90 Å². The molecule has 0 unspecified atom stereocenters. The van der Waals surface area contributed by atoms with Crippen molar-refractivity contribution in [1.29, 1.82) is 0 Å². The minimum atomic E-state index is -0.388. The summed E-state index contributed by atoms with van der Waals surface area (Å²) in [7, 11) is 0. The minimum Gasteiger partial charge on any atom is -0.392 e. The number of β-amino-alcohol motifs (C(OH)–C–C–N with tert-alkyl or cyclic N) is 1. The summed E-state index contributed by atoms with van der Waals surface area (Å²) in [5.74, 6) is -0.0546. The van der Waals surface area contributed by atoms with Crippen molar-refractivity contribution < 1.29 is 15.0 Å². The predicted molar refractivity (Wildman–Crippen MR) is 58.9 cm³/mol. The van der Waals surface area contributed by atoms with Gasteiger partial charge in [-0.25, -0.2) is 0 Å². The number of hydrogen-bond donors (Lipinski definition) is 2. The summed E-state index contributed by atoms with van der Waals surface area (Å²) in [6.45, 7) is 1.01. The lowest BCUT2D eigenvalue weighted by Crippen LogP contribution is -2.29. The molecule has 2 rings (SSSR count). The molecule has 0 saturated carbocycles. The minimum absolute atomic E-state index is 0.0170. The van der Waals surface area contributed by atoms with Gasteiger partial charge in [-0.15, -0.1) is 0 Å². The molecule has 1 aromatic carbocycles. The van der Waals surface area contributed by atoms with Crippen LogP contribution in [-0.4, -0.2) is 40.2 Å². The van der Waals surface area contributed by atoms with Gasteiger partial charge in [0.15, 0.2) is 0 Å². The van der Waals surface area contributed by atoms with Crippen molar-refractivity contribution in [1.82, 2.24) is 4.90 Å². The van der Waals surface area contributed by atoms with Crippen molar-refractivity contribution in [2.24, 2.45) is 0 Å². The monoisotopic (exact) mass is 221 g/mol. The zero-order chi connectivity index (χ0) is 11.5. The average molecular weight is 221 g/mol. The van der Waals surface area contributed by atoms with Crippen LogP contribution in [-0.2, 0) is 6.61 Å². The lowest BCUT2D eigenvalue weighted by atomic mass is 10.1. The Kier molecular flexibility index (Phi) is 3.22. The predicted octanol–water partition coefficient (Wildman–Crippen LogP) is 0.386. The molecule has 0 aromatic heterocycles. The number of aliphatic hydroxyl groups excluding tert-OH is 2. The summed E-state index contributed by atoms with van der Waals surface area (Å²) in [5.41, 5.74) is 1.39. The van der Waals surface area contributed by atoms with Crippen LogP contribution in [0.1, 0.15) is 22.3 Å². The zero-order valence-electron chi connectivity index (χ0n) is 8.97. The molecule has 86 valence electrons. The number of likely N-dealkylation sites (tertiary alicyclic amines) is 1. The first-order chi connectivity index (χ1) is 7.70. The van der Waals surface area contributed by atoms with E-state index in [1.165, 1.54) is 0 Å². The summed E-state index contributed by atoms with van der Waals surface area (Å²) >= 11 is 0. The molecular weight excluding hydrogens is 206 g/mol. The van der Waals surface area contributed by atoms with Crippen LogP contribution >= 0.6 is 0 Å². The third-order valence-electron chi connectivity index (χ3n) is 2.83. The van der Waals surface area contributed by atoms with Crippen molar-refractivity contribution in [3.05, 3.63) is 35.4 Å². The summed E-state index contributed by atoms with van der Waals surface area (Å²) in [4.78, 5) is 13.6. The molecule has 1 atom stereocenters. The first-order valence-corrected chi connectivity index (χ1v) is 5.38. The van der Waals surface area contributed by atoms with E-state index in [0.717, 1.165) is 5.56 Å². The van der Waals surface area contributed by atoms with Crippen LogP contribution in [0.2, 0.25) is 0 Å². The lowest BCUT2D eigenvalue weighted by Gasteiger charge is -2.15. The second-order valence-electron chi connectivity index (χ2n) is 4.05. The van der Waals surface area contributed by atoms with E-state index in [4.69, 9.17) is 5.11 Å². The van der Waals surface area contributed by atoms with E-state index < -0.39 is 0 Å².